The number of hydrogen-bond acceptors (Lipinski definition) is 4. The van der Waals surface area contributed by atoms with Crippen LogP contribution < -0.4 is 9.64 Å². The van der Waals surface area contributed by atoms with Gasteiger partial charge in [-0.25, -0.2) is 0 Å². The second kappa shape index (κ2) is 8.66. The minimum atomic E-state index is 0.167. The van der Waals surface area contributed by atoms with Crippen molar-refractivity contribution in [3.05, 3.63) is 54.4 Å². The quantitative estimate of drug-likeness (QED) is 0.721. The summed E-state index contributed by atoms with van der Waals surface area (Å²) in [5.41, 5.74) is 2.52. The van der Waals surface area contributed by atoms with Gasteiger partial charge in [-0.1, -0.05) is 19.9 Å². The highest BCUT2D eigenvalue weighted by Gasteiger charge is 2.46. The fourth-order valence-electron chi connectivity index (χ4n) is 5.18. The Kier molecular flexibility index (Phi) is 5.98. The van der Waals surface area contributed by atoms with Gasteiger partial charge in [0.1, 0.15) is 5.75 Å². The molecule has 0 aliphatic carbocycles. The Morgan fingerprint density at radius 2 is 1.97 bits per heavy atom. The van der Waals surface area contributed by atoms with E-state index in [0.717, 1.165) is 43.8 Å². The molecule has 5 nitrogen and oxygen atoms in total. The maximum Gasteiger partial charge on any atom is 0.222 e. The first kappa shape index (κ1) is 20.7. The van der Waals surface area contributed by atoms with Crippen molar-refractivity contribution in [2.45, 2.75) is 46.1 Å². The summed E-state index contributed by atoms with van der Waals surface area (Å²) >= 11 is 0. The minimum Gasteiger partial charge on any atom is -0.494 e. The van der Waals surface area contributed by atoms with Gasteiger partial charge in [0.25, 0.3) is 0 Å². The molecule has 0 N–H and O–H groups in total. The molecule has 3 saturated heterocycles. The Balaban J connectivity index is 1.49. The van der Waals surface area contributed by atoms with Crippen molar-refractivity contribution in [3.63, 3.8) is 0 Å². The molecule has 30 heavy (non-hydrogen) atoms. The summed E-state index contributed by atoms with van der Waals surface area (Å²) in [7, 11) is 0. The Labute approximate surface area is 180 Å². The first-order valence-corrected chi connectivity index (χ1v) is 11.1. The molecule has 0 saturated carbocycles. The number of pyridine rings is 1. The fourth-order valence-corrected chi connectivity index (χ4v) is 5.18. The van der Waals surface area contributed by atoms with E-state index in [2.05, 4.69) is 52.9 Å². The number of fused-ring (bicyclic) bond motifs is 4. The lowest BCUT2D eigenvalue weighted by molar-refractivity contribution is -0.131. The van der Waals surface area contributed by atoms with Crippen LogP contribution in [-0.2, 0) is 11.2 Å². The standard InChI is InChI=1S/C25H33N3O2/c1-4-30-22-10-8-21(9-11-22)28-17-20-14-25(2,3)23(28)18-27(16-20)24(29)12-7-19-6-5-13-26-15-19/h5-6,8-11,13,15,20,23H,4,7,12,14,16-18H2,1-3H3. The highest BCUT2D eigenvalue weighted by Crippen LogP contribution is 2.43. The van der Waals surface area contributed by atoms with Crippen molar-refractivity contribution in [1.29, 1.82) is 0 Å². The van der Waals surface area contributed by atoms with Crippen LogP contribution in [-0.4, -0.2) is 48.1 Å². The van der Waals surface area contributed by atoms with Gasteiger partial charge in [0, 0.05) is 44.1 Å². The summed E-state index contributed by atoms with van der Waals surface area (Å²) in [4.78, 5) is 21.9. The molecule has 3 aliphatic heterocycles. The third-order valence-electron chi connectivity index (χ3n) is 6.60. The molecule has 1 aromatic carbocycles. The van der Waals surface area contributed by atoms with E-state index >= 15 is 0 Å². The second-order valence-electron chi connectivity index (χ2n) is 9.31. The van der Waals surface area contributed by atoms with Crippen LogP contribution in [0.15, 0.2) is 48.8 Å². The number of aryl methyl sites for hydroxylation is 1. The number of piperidine rings is 1. The predicted octanol–water partition coefficient (Wildman–Crippen LogP) is 4.18. The average Bonchev–Trinajstić information content (AvgIpc) is 3.01. The van der Waals surface area contributed by atoms with Crippen molar-refractivity contribution in [1.82, 2.24) is 9.88 Å². The molecule has 0 spiro atoms. The highest BCUT2D eigenvalue weighted by molar-refractivity contribution is 5.77. The van der Waals surface area contributed by atoms with Crippen molar-refractivity contribution in [3.8, 4) is 5.75 Å². The van der Waals surface area contributed by atoms with E-state index in [1.807, 2.05) is 25.3 Å². The van der Waals surface area contributed by atoms with Crippen LogP contribution in [0.25, 0.3) is 0 Å². The lowest BCUT2D eigenvalue weighted by Crippen LogP contribution is -2.54. The number of anilines is 1. The van der Waals surface area contributed by atoms with Crippen LogP contribution >= 0.6 is 0 Å². The number of benzene rings is 1. The van der Waals surface area contributed by atoms with E-state index in [1.54, 1.807) is 6.20 Å². The Bertz CT molecular complexity index is 850. The molecule has 4 heterocycles. The zero-order valence-electron chi connectivity index (χ0n) is 18.4. The lowest BCUT2D eigenvalue weighted by atomic mass is 9.73. The first-order valence-electron chi connectivity index (χ1n) is 11.1. The summed E-state index contributed by atoms with van der Waals surface area (Å²) in [5.74, 6) is 1.67. The number of carbonyl (C=O) groups excluding carboxylic acids is 1. The van der Waals surface area contributed by atoms with Gasteiger partial charge in [0.05, 0.1) is 12.6 Å². The third kappa shape index (κ3) is 4.45. The maximum atomic E-state index is 13.1. The predicted molar refractivity (Wildman–Crippen MR) is 120 cm³/mol. The second-order valence-corrected chi connectivity index (χ2v) is 9.31. The van der Waals surface area contributed by atoms with E-state index in [4.69, 9.17) is 4.74 Å². The molecule has 160 valence electrons. The zero-order chi connectivity index (χ0) is 21.1. The number of hydrogen-bond donors (Lipinski definition) is 0. The smallest absolute Gasteiger partial charge is 0.222 e. The number of carbonyl (C=O) groups is 1. The summed E-state index contributed by atoms with van der Waals surface area (Å²) < 4.78 is 5.61. The Hall–Kier alpha value is -2.56. The van der Waals surface area contributed by atoms with Crippen LogP contribution in [0.2, 0.25) is 0 Å². The Morgan fingerprint density at radius 3 is 2.67 bits per heavy atom. The lowest BCUT2D eigenvalue weighted by Gasteiger charge is -2.48. The first-order chi connectivity index (χ1) is 14.5. The molecule has 3 fully saturated rings. The molecule has 3 aliphatic rings. The number of aromatic nitrogens is 1. The minimum absolute atomic E-state index is 0.167. The van der Waals surface area contributed by atoms with Gasteiger partial charge >= 0.3 is 0 Å². The molecule has 2 aromatic rings. The fraction of sp³-hybridized carbons (Fsp3) is 0.520. The van der Waals surface area contributed by atoms with Crippen LogP contribution in [0.3, 0.4) is 0 Å². The van der Waals surface area contributed by atoms with E-state index in [9.17, 15) is 4.79 Å². The Morgan fingerprint density at radius 1 is 1.17 bits per heavy atom. The van der Waals surface area contributed by atoms with Gasteiger partial charge in [0.2, 0.25) is 5.91 Å². The number of ether oxygens (including phenoxy) is 1. The average molecular weight is 408 g/mol. The number of nitrogens with zero attached hydrogens (tertiary/aromatic N) is 3. The van der Waals surface area contributed by atoms with Gasteiger partial charge < -0.3 is 14.5 Å². The molecule has 5 rings (SSSR count). The monoisotopic (exact) mass is 407 g/mol. The molecule has 1 aromatic heterocycles. The van der Waals surface area contributed by atoms with E-state index < -0.39 is 0 Å². The van der Waals surface area contributed by atoms with Crippen molar-refractivity contribution in [2.75, 3.05) is 31.1 Å². The van der Waals surface area contributed by atoms with Gasteiger partial charge in [-0.3, -0.25) is 9.78 Å². The third-order valence-corrected chi connectivity index (χ3v) is 6.60. The van der Waals surface area contributed by atoms with Crippen molar-refractivity contribution < 1.29 is 9.53 Å². The number of amides is 1. The molecule has 0 radical (unpaired) electrons. The molecule has 2 atom stereocenters. The van der Waals surface area contributed by atoms with E-state index in [1.165, 1.54) is 5.69 Å². The van der Waals surface area contributed by atoms with Crippen LogP contribution in [0.1, 0.15) is 39.2 Å². The van der Waals surface area contributed by atoms with Gasteiger partial charge in [-0.2, -0.15) is 0 Å². The van der Waals surface area contributed by atoms with Crippen LogP contribution in [0, 0.1) is 11.3 Å². The molecule has 5 heteroatoms. The molecule has 1 amide bonds. The van der Waals surface area contributed by atoms with Gasteiger partial charge in [-0.05, 0) is 67.0 Å². The largest absolute Gasteiger partial charge is 0.494 e. The highest BCUT2D eigenvalue weighted by atomic mass is 16.5. The van der Waals surface area contributed by atoms with Crippen molar-refractivity contribution >= 4 is 11.6 Å². The van der Waals surface area contributed by atoms with Crippen LogP contribution in [0.4, 0.5) is 5.69 Å². The number of rotatable bonds is 6. The van der Waals surface area contributed by atoms with E-state index in [-0.39, 0.29) is 11.3 Å². The van der Waals surface area contributed by atoms with Crippen molar-refractivity contribution in [2.24, 2.45) is 11.3 Å². The summed E-state index contributed by atoms with van der Waals surface area (Å²) in [6, 6.07) is 12.7. The van der Waals surface area contributed by atoms with E-state index in [0.29, 0.717) is 25.0 Å². The normalized spacial score (nSPS) is 22.6. The van der Waals surface area contributed by atoms with Gasteiger partial charge in [0.15, 0.2) is 0 Å². The van der Waals surface area contributed by atoms with Crippen LogP contribution in [0.5, 0.6) is 5.75 Å². The maximum absolute atomic E-state index is 13.1. The molecule has 2 unspecified atom stereocenters. The topological polar surface area (TPSA) is 45.7 Å². The van der Waals surface area contributed by atoms with Gasteiger partial charge in [-0.15, -0.1) is 0 Å². The molecular weight excluding hydrogens is 374 g/mol. The SMILES string of the molecule is CCOc1ccc(N2CC3CN(C(=O)CCc4cccnc4)CC2C(C)(C)C3)cc1. The summed E-state index contributed by atoms with van der Waals surface area (Å²) in [6.45, 7) is 10.1. The summed E-state index contributed by atoms with van der Waals surface area (Å²) in [6.07, 6.45) is 6.10. The molecular formula is C25H33N3O2. The molecule has 2 bridgehead atoms. The summed E-state index contributed by atoms with van der Waals surface area (Å²) in [5, 5.41) is 0. The zero-order valence-corrected chi connectivity index (χ0v) is 18.4.